The Labute approximate surface area is 249 Å². The molecule has 0 saturated heterocycles. The maximum Gasteiger partial charge on any atom is 0.127 e. The lowest BCUT2D eigenvalue weighted by atomic mass is 9.85. The second-order valence-corrected chi connectivity index (χ2v) is 11.8. The molecule has 1 aliphatic rings. The number of fused-ring (bicyclic) bond motifs is 7. The van der Waals surface area contributed by atoms with Gasteiger partial charge in [-0.2, -0.15) is 0 Å². The molecular formula is C41H38O. The third kappa shape index (κ3) is 5.21. The van der Waals surface area contributed by atoms with Gasteiger partial charge in [0.15, 0.2) is 0 Å². The van der Waals surface area contributed by atoms with E-state index in [1.165, 1.54) is 73.3 Å². The second kappa shape index (κ2) is 11.9. The summed E-state index contributed by atoms with van der Waals surface area (Å²) in [7, 11) is 0. The lowest BCUT2D eigenvalue weighted by Gasteiger charge is -2.25. The van der Waals surface area contributed by atoms with Crippen molar-refractivity contribution in [3.8, 4) is 28.0 Å². The first-order valence-electron chi connectivity index (χ1n) is 15.6. The fourth-order valence-corrected chi connectivity index (χ4v) is 6.72. The van der Waals surface area contributed by atoms with Gasteiger partial charge in [-0.15, -0.1) is 0 Å². The number of unbranched alkanes of at least 4 members (excludes halogenated alkanes) is 1. The second-order valence-electron chi connectivity index (χ2n) is 11.8. The van der Waals surface area contributed by atoms with E-state index >= 15 is 0 Å². The highest BCUT2D eigenvalue weighted by molar-refractivity contribution is 6.08. The number of benzene rings is 6. The topological polar surface area (TPSA) is 9.23 Å². The molecule has 208 valence electrons. The van der Waals surface area contributed by atoms with Crippen LogP contribution in [0.1, 0.15) is 55.2 Å². The number of aryl methyl sites for hydroxylation is 2. The summed E-state index contributed by atoms with van der Waals surface area (Å²) in [5.41, 5.74) is 9.33. The Kier molecular flexibility index (Phi) is 7.49. The van der Waals surface area contributed by atoms with Gasteiger partial charge in [-0.1, -0.05) is 129 Å². The van der Waals surface area contributed by atoms with Crippen LogP contribution in [0.5, 0.6) is 5.75 Å². The van der Waals surface area contributed by atoms with E-state index in [1.54, 1.807) is 0 Å². The van der Waals surface area contributed by atoms with E-state index in [2.05, 4.69) is 128 Å². The Morgan fingerprint density at radius 2 is 1.29 bits per heavy atom. The summed E-state index contributed by atoms with van der Waals surface area (Å²) in [5, 5.41) is 5.10. The molecule has 0 bridgehead atoms. The van der Waals surface area contributed by atoms with Crippen molar-refractivity contribution in [1.82, 2.24) is 0 Å². The van der Waals surface area contributed by atoms with Crippen LogP contribution in [0.4, 0.5) is 0 Å². The number of rotatable bonds is 5. The smallest absolute Gasteiger partial charge is 0.127 e. The van der Waals surface area contributed by atoms with E-state index in [-0.39, 0.29) is 0 Å². The predicted octanol–water partition coefficient (Wildman–Crippen LogP) is 11.2. The Morgan fingerprint density at radius 3 is 2.00 bits per heavy atom. The lowest BCUT2D eigenvalue weighted by molar-refractivity contribution is 0.280. The highest BCUT2D eigenvalue weighted by Crippen LogP contribution is 2.44. The van der Waals surface area contributed by atoms with Crippen molar-refractivity contribution in [2.75, 3.05) is 6.61 Å². The van der Waals surface area contributed by atoms with Crippen molar-refractivity contribution in [1.29, 1.82) is 0 Å². The normalized spacial score (nSPS) is 15.1. The molecule has 6 aromatic rings. The standard InChI is InChI=1S/C41H38O/c1-2-3-9-29-16-18-30(19-17-29)31-20-22-32(23-21-31)36-13-8-12-35-25-24-33-10-4-6-14-37(33)40(35)41-38-15-7-5-11-34(38)26-27-39(41)42-28-36/h4-7,10-11,14-27,36H,2-3,8-9,12-13,28H2,1H3. The fourth-order valence-electron chi connectivity index (χ4n) is 6.72. The molecule has 42 heavy (non-hydrogen) atoms. The van der Waals surface area contributed by atoms with Crippen molar-refractivity contribution < 1.29 is 4.74 Å². The molecule has 0 fully saturated rings. The third-order valence-electron chi connectivity index (χ3n) is 9.08. The van der Waals surface area contributed by atoms with E-state index < -0.39 is 0 Å². The van der Waals surface area contributed by atoms with Crippen LogP contribution in [0.25, 0.3) is 43.8 Å². The van der Waals surface area contributed by atoms with Gasteiger partial charge in [-0.25, -0.2) is 0 Å². The summed E-state index contributed by atoms with van der Waals surface area (Å²) < 4.78 is 6.81. The van der Waals surface area contributed by atoms with Crippen molar-refractivity contribution in [2.45, 2.75) is 51.4 Å². The summed E-state index contributed by atoms with van der Waals surface area (Å²) in [6.07, 6.45) is 6.93. The quantitative estimate of drug-likeness (QED) is 0.209. The van der Waals surface area contributed by atoms with Crippen LogP contribution in [0.15, 0.2) is 121 Å². The van der Waals surface area contributed by atoms with Crippen LogP contribution in [-0.4, -0.2) is 6.61 Å². The summed E-state index contributed by atoms with van der Waals surface area (Å²) in [6.45, 7) is 2.93. The largest absolute Gasteiger partial charge is 0.492 e. The van der Waals surface area contributed by atoms with Gasteiger partial charge in [0, 0.05) is 11.5 Å². The highest BCUT2D eigenvalue weighted by atomic mass is 16.5. The summed E-state index contributed by atoms with van der Waals surface area (Å²) in [4.78, 5) is 0. The Balaban J connectivity index is 1.23. The van der Waals surface area contributed by atoms with Gasteiger partial charge in [0.2, 0.25) is 0 Å². The van der Waals surface area contributed by atoms with Crippen molar-refractivity contribution >= 4 is 21.5 Å². The van der Waals surface area contributed by atoms with E-state index in [0.717, 1.165) is 31.4 Å². The van der Waals surface area contributed by atoms with Crippen LogP contribution < -0.4 is 4.74 Å². The molecule has 0 spiro atoms. The van der Waals surface area contributed by atoms with Crippen LogP contribution in [0.2, 0.25) is 0 Å². The minimum atomic E-state index is 0.344. The van der Waals surface area contributed by atoms with Gasteiger partial charge in [-0.3, -0.25) is 0 Å². The molecule has 1 aliphatic heterocycles. The summed E-state index contributed by atoms with van der Waals surface area (Å²) >= 11 is 0. The lowest BCUT2D eigenvalue weighted by Crippen LogP contribution is -2.13. The molecule has 1 atom stereocenters. The van der Waals surface area contributed by atoms with E-state index in [0.29, 0.717) is 12.5 Å². The number of hydrogen-bond donors (Lipinski definition) is 0. The highest BCUT2D eigenvalue weighted by Gasteiger charge is 2.22. The van der Waals surface area contributed by atoms with Crippen LogP contribution in [0, 0.1) is 0 Å². The number of hydrogen-bond acceptors (Lipinski definition) is 1. The molecule has 7 rings (SSSR count). The molecular weight excluding hydrogens is 508 g/mol. The zero-order valence-electron chi connectivity index (χ0n) is 24.5. The minimum absolute atomic E-state index is 0.344. The zero-order chi connectivity index (χ0) is 28.3. The van der Waals surface area contributed by atoms with Crippen LogP contribution in [0.3, 0.4) is 0 Å². The molecule has 0 saturated carbocycles. The molecule has 0 N–H and O–H groups in total. The first-order chi connectivity index (χ1) is 20.8. The van der Waals surface area contributed by atoms with Crippen molar-refractivity contribution in [2.24, 2.45) is 0 Å². The SMILES string of the molecule is CCCCc1ccc(-c2ccc(C3CCCc4ccc5ccccc5c4-c4c(ccc5ccccc45)OC3)cc2)cc1. The fraction of sp³-hybridized carbons (Fsp3) is 0.220. The average Bonchev–Trinajstić information content (AvgIpc) is 3.05. The maximum absolute atomic E-state index is 6.81. The van der Waals surface area contributed by atoms with Gasteiger partial charge in [0.05, 0.1) is 6.61 Å². The van der Waals surface area contributed by atoms with Crippen molar-refractivity contribution in [3.05, 3.63) is 138 Å². The summed E-state index contributed by atoms with van der Waals surface area (Å²) in [6, 6.07) is 44.9. The molecule has 1 heteroatoms. The average molecular weight is 547 g/mol. The Bertz CT molecular complexity index is 1830. The van der Waals surface area contributed by atoms with E-state index in [1.807, 2.05) is 0 Å². The zero-order valence-corrected chi connectivity index (χ0v) is 24.5. The van der Waals surface area contributed by atoms with Crippen molar-refractivity contribution in [3.63, 3.8) is 0 Å². The van der Waals surface area contributed by atoms with Gasteiger partial charge < -0.3 is 4.74 Å². The Morgan fingerprint density at radius 1 is 0.643 bits per heavy atom. The van der Waals surface area contributed by atoms with Gasteiger partial charge in [-0.05, 0) is 93.1 Å². The van der Waals surface area contributed by atoms with Gasteiger partial charge in [0.1, 0.15) is 5.75 Å². The third-order valence-corrected chi connectivity index (χ3v) is 9.08. The molecule has 6 aromatic carbocycles. The van der Waals surface area contributed by atoms with Crippen LogP contribution >= 0.6 is 0 Å². The molecule has 1 heterocycles. The first kappa shape index (κ1) is 26.5. The minimum Gasteiger partial charge on any atom is -0.492 e. The Hall–Kier alpha value is -4.36. The molecule has 0 radical (unpaired) electrons. The van der Waals surface area contributed by atoms with Crippen LogP contribution in [-0.2, 0) is 12.8 Å². The monoisotopic (exact) mass is 546 g/mol. The molecule has 0 aliphatic carbocycles. The molecule has 1 unspecified atom stereocenters. The first-order valence-corrected chi connectivity index (χ1v) is 15.6. The predicted molar refractivity (Wildman–Crippen MR) is 179 cm³/mol. The van der Waals surface area contributed by atoms with E-state index in [9.17, 15) is 0 Å². The number of ether oxygens (including phenoxy) is 1. The molecule has 1 nitrogen and oxygen atoms in total. The van der Waals surface area contributed by atoms with Gasteiger partial charge in [0.25, 0.3) is 0 Å². The summed E-state index contributed by atoms with van der Waals surface area (Å²) in [5.74, 6) is 1.33. The molecule has 0 amide bonds. The molecule has 0 aromatic heterocycles. The van der Waals surface area contributed by atoms with E-state index in [4.69, 9.17) is 4.74 Å². The maximum atomic E-state index is 6.81. The van der Waals surface area contributed by atoms with Gasteiger partial charge >= 0.3 is 0 Å².